The van der Waals surface area contributed by atoms with Gasteiger partial charge >= 0.3 is 0 Å². The minimum atomic E-state index is -0.116. The number of nitrogens with zero attached hydrogens (tertiary/aromatic N) is 2. The van der Waals surface area contributed by atoms with Crippen molar-refractivity contribution in [2.45, 2.75) is 0 Å². The molecule has 0 radical (unpaired) electrons. The summed E-state index contributed by atoms with van der Waals surface area (Å²) in [5.74, 6) is 0.415. The Kier molecular flexibility index (Phi) is 3.45. The van der Waals surface area contributed by atoms with Crippen molar-refractivity contribution in [1.29, 1.82) is 0 Å². The number of rotatable bonds is 3. The van der Waals surface area contributed by atoms with Crippen LogP contribution in [-0.2, 0) is 4.79 Å². The second-order valence-corrected chi connectivity index (χ2v) is 2.64. The van der Waals surface area contributed by atoms with Crippen molar-refractivity contribution in [2.24, 2.45) is 0 Å². The molecule has 0 spiro atoms. The third kappa shape index (κ3) is 3.25. The Labute approximate surface area is 80.5 Å². The van der Waals surface area contributed by atoms with Gasteiger partial charge < -0.3 is 10.6 Å². The van der Waals surface area contributed by atoms with Gasteiger partial charge in [0.1, 0.15) is 17.3 Å². The number of amides is 1. The number of hydrogen-bond acceptors (Lipinski definition) is 4. The highest BCUT2D eigenvalue weighted by Crippen LogP contribution is 2.07. The number of likely N-dealkylation sites (N-methyl/N-ethyl adjacent to an activating group) is 1. The fraction of sp³-hybridized carbons (Fsp3) is 0.286. The molecule has 1 aromatic rings. The predicted molar refractivity (Wildman–Crippen MR) is 49.6 cm³/mol. The minimum Gasteiger partial charge on any atom is -0.361 e. The van der Waals surface area contributed by atoms with Crippen LogP contribution in [0.4, 0.5) is 5.82 Å². The lowest BCUT2D eigenvalue weighted by Gasteiger charge is -2.03. The summed E-state index contributed by atoms with van der Waals surface area (Å²) in [5, 5.41) is 5.60. The van der Waals surface area contributed by atoms with E-state index >= 15 is 0 Å². The molecule has 0 atom stereocenters. The Balaban J connectivity index is 2.50. The van der Waals surface area contributed by atoms with Gasteiger partial charge in [-0.2, -0.15) is 0 Å². The van der Waals surface area contributed by atoms with Crippen LogP contribution in [0, 0.1) is 0 Å². The SMILES string of the molecule is CNC(=O)CNc1cc(Cl)ncn1. The van der Waals surface area contributed by atoms with Crippen LogP contribution in [-0.4, -0.2) is 29.5 Å². The maximum absolute atomic E-state index is 10.8. The predicted octanol–water partition coefficient (Wildman–Crippen LogP) is 0.288. The first-order chi connectivity index (χ1) is 6.22. The highest BCUT2D eigenvalue weighted by atomic mass is 35.5. The summed E-state index contributed by atoms with van der Waals surface area (Å²) in [6.45, 7) is 0.170. The zero-order chi connectivity index (χ0) is 9.68. The van der Waals surface area contributed by atoms with Crippen molar-refractivity contribution in [2.75, 3.05) is 18.9 Å². The average molecular weight is 201 g/mol. The van der Waals surface area contributed by atoms with Crippen molar-refractivity contribution in [3.05, 3.63) is 17.5 Å². The standard InChI is InChI=1S/C7H9ClN4O/c1-9-7(13)3-10-6-2-5(8)11-4-12-6/h2,4H,3H2,1H3,(H,9,13)(H,10,11,12). The molecule has 13 heavy (non-hydrogen) atoms. The number of nitrogens with one attached hydrogen (secondary N) is 2. The molecule has 2 N–H and O–H groups in total. The summed E-state index contributed by atoms with van der Waals surface area (Å²) in [7, 11) is 1.57. The van der Waals surface area contributed by atoms with Crippen LogP contribution < -0.4 is 10.6 Å². The smallest absolute Gasteiger partial charge is 0.239 e. The van der Waals surface area contributed by atoms with Gasteiger partial charge in [-0.1, -0.05) is 11.6 Å². The molecule has 0 aliphatic rings. The van der Waals surface area contributed by atoms with Crippen LogP contribution >= 0.6 is 11.6 Å². The highest BCUT2D eigenvalue weighted by molar-refractivity contribution is 6.29. The maximum Gasteiger partial charge on any atom is 0.239 e. The molecule has 0 saturated heterocycles. The quantitative estimate of drug-likeness (QED) is 0.689. The second-order valence-electron chi connectivity index (χ2n) is 2.25. The van der Waals surface area contributed by atoms with E-state index in [-0.39, 0.29) is 12.5 Å². The lowest BCUT2D eigenvalue weighted by atomic mass is 10.5. The summed E-state index contributed by atoms with van der Waals surface area (Å²) in [6, 6.07) is 1.55. The molecule has 0 fully saturated rings. The number of hydrogen-bond donors (Lipinski definition) is 2. The maximum atomic E-state index is 10.8. The Morgan fingerprint density at radius 2 is 2.38 bits per heavy atom. The van der Waals surface area contributed by atoms with Gasteiger partial charge in [0.25, 0.3) is 0 Å². The van der Waals surface area contributed by atoms with E-state index < -0.39 is 0 Å². The lowest BCUT2D eigenvalue weighted by Crippen LogP contribution is -2.26. The van der Waals surface area contributed by atoms with Crippen molar-refractivity contribution in [1.82, 2.24) is 15.3 Å². The third-order valence-electron chi connectivity index (χ3n) is 1.34. The summed E-state index contributed by atoms with van der Waals surface area (Å²) in [5.41, 5.74) is 0. The molecular weight excluding hydrogens is 192 g/mol. The average Bonchev–Trinajstić information content (AvgIpc) is 2.14. The largest absolute Gasteiger partial charge is 0.361 e. The molecule has 70 valence electrons. The summed E-state index contributed by atoms with van der Waals surface area (Å²) >= 11 is 5.60. The van der Waals surface area contributed by atoms with E-state index in [2.05, 4.69) is 20.6 Å². The minimum absolute atomic E-state index is 0.116. The van der Waals surface area contributed by atoms with Crippen molar-refractivity contribution in [3.8, 4) is 0 Å². The summed E-state index contributed by atoms with van der Waals surface area (Å²) in [4.78, 5) is 18.4. The first-order valence-electron chi connectivity index (χ1n) is 3.64. The van der Waals surface area contributed by atoms with E-state index in [9.17, 15) is 4.79 Å². The van der Waals surface area contributed by atoms with Gasteiger partial charge in [0.15, 0.2) is 0 Å². The Morgan fingerprint density at radius 1 is 1.62 bits per heavy atom. The van der Waals surface area contributed by atoms with Gasteiger partial charge in [-0.05, 0) is 0 Å². The molecule has 1 rings (SSSR count). The van der Waals surface area contributed by atoms with E-state index in [1.165, 1.54) is 6.33 Å². The molecule has 0 aliphatic heterocycles. The van der Waals surface area contributed by atoms with Gasteiger partial charge in [-0.15, -0.1) is 0 Å². The zero-order valence-corrected chi connectivity index (χ0v) is 7.80. The second kappa shape index (κ2) is 4.61. The lowest BCUT2D eigenvalue weighted by molar-refractivity contribution is -0.118. The van der Waals surface area contributed by atoms with Crippen molar-refractivity contribution in [3.63, 3.8) is 0 Å². The summed E-state index contributed by atoms with van der Waals surface area (Å²) < 4.78 is 0. The molecule has 6 heteroatoms. The van der Waals surface area contributed by atoms with Crippen LogP contribution in [0.3, 0.4) is 0 Å². The van der Waals surface area contributed by atoms with Gasteiger partial charge in [0.05, 0.1) is 6.54 Å². The molecule has 1 aromatic heterocycles. The first kappa shape index (κ1) is 9.73. The Morgan fingerprint density at radius 3 is 3.00 bits per heavy atom. The van der Waals surface area contributed by atoms with E-state index in [0.29, 0.717) is 11.0 Å². The molecule has 0 aliphatic carbocycles. The number of carbonyl (C=O) groups excluding carboxylic acids is 1. The molecule has 0 unspecified atom stereocenters. The Hall–Kier alpha value is -1.36. The van der Waals surface area contributed by atoms with E-state index in [1.54, 1.807) is 13.1 Å². The molecule has 1 heterocycles. The van der Waals surface area contributed by atoms with Gasteiger partial charge in [0, 0.05) is 13.1 Å². The number of anilines is 1. The molecule has 0 saturated carbocycles. The normalized spacial score (nSPS) is 9.38. The zero-order valence-electron chi connectivity index (χ0n) is 7.04. The van der Waals surface area contributed by atoms with E-state index in [0.717, 1.165) is 0 Å². The first-order valence-corrected chi connectivity index (χ1v) is 4.02. The van der Waals surface area contributed by atoms with E-state index in [1.807, 2.05) is 0 Å². The summed E-state index contributed by atoms with van der Waals surface area (Å²) in [6.07, 6.45) is 1.33. The third-order valence-corrected chi connectivity index (χ3v) is 1.55. The van der Waals surface area contributed by atoms with Gasteiger partial charge in [-0.3, -0.25) is 4.79 Å². The number of halogens is 1. The van der Waals surface area contributed by atoms with Crippen LogP contribution in [0.25, 0.3) is 0 Å². The Bertz CT molecular complexity index is 304. The van der Waals surface area contributed by atoms with E-state index in [4.69, 9.17) is 11.6 Å². The molecule has 0 bridgehead atoms. The van der Waals surface area contributed by atoms with Gasteiger partial charge in [0.2, 0.25) is 5.91 Å². The van der Waals surface area contributed by atoms with Crippen molar-refractivity contribution < 1.29 is 4.79 Å². The fourth-order valence-corrected chi connectivity index (χ4v) is 0.836. The van der Waals surface area contributed by atoms with Gasteiger partial charge in [-0.25, -0.2) is 9.97 Å². The van der Waals surface area contributed by atoms with Crippen LogP contribution in [0.5, 0.6) is 0 Å². The van der Waals surface area contributed by atoms with Crippen LogP contribution in [0.15, 0.2) is 12.4 Å². The number of aromatic nitrogens is 2. The molecule has 0 aromatic carbocycles. The topological polar surface area (TPSA) is 66.9 Å². The van der Waals surface area contributed by atoms with Crippen LogP contribution in [0.1, 0.15) is 0 Å². The number of carbonyl (C=O) groups is 1. The van der Waals surface area contributed by atoms with Crippen LogP contribution in [0.2, 0.25) is 5.15 Å². The molecule has 1 amide bonds. The highest BCUT2D eigenvalue weighted by Gasteiger charge is 1.99. The molecule has 5 nitrogen and oxygen atoms in total. The molecular formula is C7H9ClN4O. The van der Waals surface area contributed by atoms with Crippen molar-refractivity contribution >= 4 is 23.3 Å². The monoisotopic (exact) mass is 200 g/mol. The fourth-order valence-electron chi connectivity index (χ4n) is 0.689.